The Morgan fingerprint density at radius 1 is 0.643 bits per heavy atom. The van der Waals surface area contributed by atoms with Crippen molar-refractivity contribution >= 4 is 12.4 Å². The summed E-state index contributed by atoms with van der Waals surface area (Å²) in [6, 6.07) is 10.4. The molecule has 0 amide bonds. The van der Waals surface area contributed by atoms with E-state index < -0.39 is 61.5 Å². The molecule has 5 nitrogen and oxygen atoms in total. The second kappa shape index (κ2) is 14.9. The maximum absolute atomic E-state index is 14.0. The fraction of sp³-hybridized carbons (Fsp3) is 0.571. The summed E-state index contributed by atoms with van der Waals surface area (Å²) in [5, 5.41) is 0. The lowest BCUT2D eigenvalue weighted by atomic mass is 10.1. The van der Waals surface area contributed by atoms with Gasteiger partial charge in [0.25, 0.3) is 0 Å². The van der Waals surface area contributed by atoms with Gasteiger partial charge in [-0.15, -0.1) is 12.4 Å². The number of alkyl halides is 6. The zero-order chi connectivity index (χ0) is 29.6. The van der Waals surface area contributed by atoms with E-state index in [1.165, 1.54) is 58.3 Å². The summed E-state index contributed by atoms with van der Waals surface area (Å²) >= 11 is 0. The van der Waals surface area contributed by atoms with E-state index in [1.54, 1.807) is 0 Å². The predicted octanol–water partition coefficient (Wildman–Crippen LogP) is 6.65. The van der Waals surface area contributed by atoms with Gasteiger partial charge in [-0.3, -0.25) is 9.80 Å². The number of rotatable bonds is 10. The van der Waals surface area contributed by atoms with E-state index in [0.29, 0.717) is 37.2 Å². The SMILES string of the molecule is Cl.Fc1ccc(OC2CCCN(C[C@H](O[C@@H](CN3CCCC(Oc4ccc(F)cc4)C3)C(F)(F)F)C(F)(F)F)C2)cc1. The molecule has 0 aliphatic carbocycles. The Hall–Kier alpha value is -2.35. The van der Waals surface area contributed by atoms with Crippen LogP contribution in [0.1, 0.15) is 25.7 Å². The van der Waals surface area contributed by atoms with Crippen LogP contribution in [0.25, 0.3) is 0 Å². The Balaban J connectivity index is 0.00000484. The molecule has 2 unspecified atom stereocenters. The van der Waals surface area contributed by atoms with E-state index in [1.807, 2.05) is 0 Å². The van der Waals surface area contributed by atoms with Gasteiger partial charge in [-0.25, -0.2) is 8.78 Å². The number of nitrogens with zero attached hydrogens (tertiary/aromatic N) is 2. The molecule has 2 aromatic rings. The summed E-state index contributed by atoms with van der Waals surface area (Å²) in [5.74, 6) is -0.232. The first-order valence-corrected chi connectivity index (χ1v) is 13.4. The van der Waals surface area contributed by atoms with Gasteiger partial charge in [0.05, 0.1) is 0 Å². The first-order valence-electron chi connectivity index (χ1n) is 13.4. The second-order valence-electron chi connectivity index (χ2n) is 10.4. The summed E-state index contributed by atoms with van der Waals surface area (Å²) in [7, 11) is 0. The third kappa shape index (κ3) is 10.4. The highest BCUT2D eigenvalue weighted by molar-refractivity contribution is 5.85. The molecule has 2 aromatic carbocycles. The van der Waals surface area contributed by atoms with Gasteiger partial charge in [-0.05, 0) is 87.3 Å². The van der Waals surface area contributed by atoms with Gasteiger partial charge in [0, 0.05) is 26.2 Å². The Morgan fingerprint density at radius 2 is 1.00 bits per heavy atom. The molecular formula is C28H33ClF8N2O3. The third-order valence-electron chi connectivity index (χ3n) is 7.06. The molecule has 0 spiro atoms. The van der Waals surface area contributed by atoms with Crippen molar-refractivity contribution in [2.45, 2.75) is 62.5 Å². The first-order chi connectivity index (χ1) is 19.3. The van der Waals surface area contributed by atoms with Gasteiger partial charge in [0.1, 0.15) is 35.3 Å². The van der Waals surface area contributed by atoms with Crippen LogP contribution < -0.4 is 9.47 Å². The smallest absolute Gasteiger partial charge is 0.415 e. The van der Waals surface area contributed by atoms with Crippen LogP contribution in [0.15, 0.2) is 48.5 Å². The molecule has 236 valence electrons. The van der Waals surface area contributed by atoms with Crippen LogP contribution in [0.2, 0.25) is 0 Å². The molecule has 0 aromatic heterocycles. The maximum Gasteiger partial charge on any atom is 0.415 e. The molecule has 2 saturated heterocycles. The van der Waals surface area contributed by atoms with Crippen molar-refractivity contribution in [3.63, 3.8) is 0 Å². The lowest BCUT2D eigenvalue weighted by molar-refractivity contribution is -0.291. The van der Waals surface area contributed by atoms with Crippen LogP contribution in [0, 0.1) is 11.6 Å². The molecule has 2 aliphatic heterocycles. The molecule has 0 radical (unpaired) electrons. The van der Waals surface area contributed by atoms with Gasteiger partial charge in [0.2, 0.25) is 0 Å². The van der Waals surface area contributed by atoms with Crippen molar-refractivity contribution < 1.29 is 49.3 Å². The van der Waals surface area contributed by atoms with Gasteiger partial charge in [-0.1, -0.05) is 0 Å². The Morgan fingerprint density at radius 3 is 1.33 bits per heavy atom. The molecule has 2 aliphatic rings. The summed E-state index contributed by atoms with van der Waals surface area (Å²) in [6.07, 6.45) is -14.4. The Kier molecular flexibility index (Phi) is 12.1. The average molecular weight is 633 g/mol. The van der Waals surface area contributed by atoms with E-state index in [9.17, 15) is 35.1 Å². The lowest BCUT2D eigenvalue weighted by Gasteiger charge is -2.38. The van der Waals surface area contributed by atoms with Gasteiger partial charge >= 0.3 is 12.4 Å². The monoisotopic (exact) mass is 632 g/mol. The van der Waals surface area contributed by atoms with Gasteiger partial charge in [0.15, 0.2) is 12.2 Å². The largest absolute Gasteiger partial charge is 0.489 e. The summed E-state index contributed by atoms with van der Waals surface area (Å²) in [5.41, 5.74) is 0. The van der Waals surface area contributed by atoms with Crippen molar-refractivity contribution in [3.05, 3.63) is 60.2 Å². The molecule has 2 heterocycles. The molecule has 4 rings (SSSR count). The van der Waals surface area contributed by atoms with Crippen LogP contribution in [-0.2, 0) is 4.74 Å². The van der Waals surface area contributed by atoms with E-state index in [0.717, 1.165) is 0 Å². The molecule has 0 N–H and O–H groups in total. The zero-order valence-electron chi connectivity index (χ0n) is 22.6. The van der Waals surface area contributed by atoms with Crippen molar-refractivity contribution in [1.29, 1.82) is 0 Å². The normalized spacial score (nSPS) is 22.2. The zero-order valence-corrected chi connectivity index (χ0v) is 23.4. The highest BCUT2D eigenvalue weighted by atomic mass is 35.5. The Bertz CT molecular complexity index is 1000. The standard InChI is InChI=1S/C28H32F8N2O3.ClH/c29-19-5-9-21(10-6-19)39-23-3-1-13-37(15-23)17-25(27(31,32)33)41-26(28(34,35)36)18-38-14-2-4-24(16-38)40-22-11-7-20(30)8-12-22;/h5-12,23-26H,1-4,13-18H2;1H/t23?,24?,25-,26-;/m0./s1. The highest BCUT2D eigenvalue weighted by Crippen LogP contribution is 2.32. The minimum Gasteiger partial charge on any atom is -0.489 e. The number of likely N-dealkylation sites (tertiary alicyclic amines) is 2. The van der Waals surface area contributed by atoms with Crippen molar-refractivity contribution in [1.82, 2.24) is 9.80 Å². The molecule has 0 bridgehead atoms. The topological polar surface area (TPSA) is 34.2 Å². The van der Waals surface area contributed by atoms with Crippen molar-refractivity contribution in [2.75, 3.05) is 39.3 Å². The minimum absolute atomic E-state index is 0. The number of ether oxygens (including phenoxy) is 3. The predicted molar refractivity (Wildman–Crippen MR) is 141 cm³/mol. The Labute approximate surface area is 245 Å². The molecule has 4 atom stereocenters. The first kappa shape index (κ1) is 34.1. The van der Waals surface area contributed by atoms with Crippen LogP contribution in [-0.4, -0.2) is 85.8 Å². The van der Waals surface area contributed by atoms with Gasteiger partial charge < -0.3 is 14.2 Å². The number of benzene rings is 2. The van der Waals surface area contributed by atoms with E-state index in [4.69, 9.17) is 14.2 Å². The van der Waals surface area contributed by atoms with Crippen LogP contribution in [0.3, 0.4) is 0 Å². The van der Waals surface area contributed by atoms with Crippen LogP contribution in [0.4, 0.5) is 35.1 Å². The number of piperidine rings is 2. The number of hydrogen-bond acceptors (Lipinski definition) is 5. The van der Waals surface area contributed by atoms with Gasteiger partial charge in [-0.2, -0.15) is 26.3 Å². The number of hydrogen-bond donors (Lipinski definition) is 0. The van der Waals surface area contributed by atoms with E-state index in [2.05, 4.69) is 0 Å². The summed E-state index contributed by atoms with van der Waals surface area (Å²) < 4.78 is 126. The molecule has 0 saturated carbocycles. The minimum atomic E-state index is -5.04. The summed E-state index contributed by atoms with van der Waals surface area (Å²) in [6.45, 7) is -0.975. The molecule has 42 heavy (non-hydrogen) atoms. The van der Waals surface area contributed by atoms with Crippen molar-refractivity contribution in [3.8, 4) is 11.5 Å². The number of halogens is 9. The third-order valence-corrected chi connectivity index (χ3v) is 7.06. The van der Waals surface area contributed by atoms with Crippen molar-refractivity contribution in [2.24, 2.45) is 0 Å². The fourth-order valence-corrected chi connectivity index (χ4v) is 5.08. The van der Waals surface area contributed by atoms with E-state index >= 15 is 0 Å². The maximum atomic E-state index is 14.0. The van der Waals surface area contributed by atoms with E-state index in [-0.39, 0.29) is 38.6 Å². The van der Waals surface area contributed by atoms with Crippen LogP contribution >= 0.6 is 12.4 Å². The highest BCUT2D eigenvalue weighted by Gasteiger charge is 2.50. The quantitative estimate of drug-likeness (QED) is 0.274. The fourth-order valence-electron chi connectivity index (χ4n) is 5.08. The second-order valence-corrected chi connectivity index (χ2v) is 10.4. The molecular weight excluding hydrogens is 600 g/mol. The molecule has 14 heteroatoms. The lowest BCUT2D eigenvalue weighted by Crippen LogP contribution is -2.54. The average Bonchev–Trinajstić information content (AvgIpc) is 2.90. The molecule has 2 fully saturated rings. The summed E-state index contributed by atoms with van der Waals surface area (Å²) in [4.78, 5) is 2.77. The van der Waals surface area contributed by atoms with Crippen LogP contribution in [0.5, 0.6) is 11.5 Å².